The third-order valence-electron chi connectivity index (χ3n) is 4.10. The first-order valence-electron chi connectivity index (χ1n) is 9.08. The molecule has 0 aliphatic carbocycles. The standard InChI is InChI=1S/C18H25N5O3S2/c1-4-13-11(3)8-14(28-13)12(24)9-20-17(26)10-27-18-22-21-16(23(18)5-2)7-6-15(19)25/h8H,4-7,9-10H2,1-3H3,(H2,19,25)(H,20,26). The first-order chi connectivity index (χ1) is 13.3. The molecule has 0 aromatic carbocycles. The van der Waals surface area contributed by atoms with Crippen LogP contribution in [0.2, 0.25) is 0 Å². The number of carbonyl (C=O) groups is 3. The Morgan fingerprint density at radius 2 is 2.04 bits per heavy atom. The van der Waals surface area contributed by atoms with Crippen molar-refractivity contribution >= 4 is 40.7 Å². The van der Waals surface area contributed by atoms with E-state index in [0.29, 0.717) is 28.8 Å². The van der Waals surface area contributed by atoms with Crippen LogP contribution in [0, 0.1) is 6.92 Å². The summed E-state index contributed by atoms with van der Waals surface area (Å²) in [4.78, 5) is 37.2. The molecule has 2 amide bonds. The average molecular weight is 424 g/mol. The maximum atomic E-state index is 12.3. The van der Waals surface area contributed by atoms with Gasteiger partial charge >= 0.3 is 0 Å². The average Bonchev–Trinajstić information content (AvgIpc) is 3.24. The van der Waals surface area contributed by atoms with Crippen molar-refractivity contribution < 1.29 is 14.4 Å². The molecule has 0 saturated heterocycles. The van der Waals surface area contributed by atoms with E-state index in [-0.39, 0.29) is 30.4 Å². The van der Waals surface area contributed by atoms with Gasteiger partial charge in [-0.25, -0.2) is 0 Å². The maximum Gasteiger partial charge on any atom is 0.230 e. The summed E-state index contributed by atoms with van der Waals surface area (Å²) in [6, 6.07) is 1.88. The van der Waals surface area contributed by atoms with E-state index in [1.807, 2.05) is 24.5 Å². The number of nitrogens with two attached hydrogens (primary N) is 1. The molecule has 0 atom stereocenters. The molecule has 28 heavy (non-hydrogen) atoms. The van der Waals surface area contributed by atoms with Crippen molar-refractivity contribution in [1.29, 1.82) is 0 Å². The van der Waals surface area contributed by atoms with Crippen LogP contribution in [0.4, 0.5) is 0 Å². The molecule has 0 radical (unpaired) electrons. The topological polar surface area (TPSA) is 120 Å². The lowest BCUT2D eigenvalue weighted by atomic mass is 10.2. The van der Waals surface area contributed by atoms with Crippen LogP contribution in [-0.2, 0) is 29.0 Å². The van der Waals surface area contributed by atoms with Crippen molar-refractivity contribution in [2.75, 3.05) is 12.3 Å². The van der Waals surface area contributed by atoms with Gasteiger partial charge in [0.15, 0.2) is 10.9 Å². The van der Waals surface area contributed by atoms with Crippen LogP contribution in [0.5, 0.6) is 0 Å². The molecule has 0 saturated carbocycles. The molecule has 2 aromatic heterocycles. The number of hydrogen-bond acceptors (Lipinski definition) is 7. The van der Waals surface area contributed by atoms with Gasteiger partial charge < -0.3 is 15.6 Å². The van der Waals surface area contributed by atoms with E-state index in [9.17, 15) is 14.4 Å². The number of primary amides is 1. The van der Waals surface area contributed by atoms with Gasteiger partial charge in [-0.1, -0.05) is 18.7 Å². The molecule has 8 nitrogen and oxygen atoms in total. The molecule has 2 heterocycles. The molecular weight excluding hydrogens is 398 g/mol. The fourth-order valence-electron chi connectivity index (χ4n) is 2.62. The minimum atomic E-state index is -0.393. The van der Waals surface area contributed by atoms with Gasteiger partial charge in [-0.15, -0.1) is 21.5 Å². The zero-order chi connectivity index (χ0) is 20.7. The Bertz CT molecular complexity index is 860. The third kappa shape index (κ3) is 5.90. The van der Waals surface area contributed by atoms with Gasteiger partial charge in [0.1, 0.15) is 5.82 Å². The van der Waals surface area contributed by atoms with Gasteiger partial charge in [-0.2, -0.15) is 0 Å². The predicted octanol–water partition coefficient (Wildman–Crippen LogP) is 1.74. The lowest BCUT2D eigenvalue weighted by molar-refractivity contribution is -0.119. The van der Waals surface area contributed by atoms with Crippen LogP contribution < -0.4 is 11.1 Å². The first-order valence-corrected chi connectivity index (χ1v) is 10.9. The summed E-state index contributed by atoms with van der Waals surface area (Å²) in [5.41, 5.74) is 6.29. The summed E-state index contributed by atoms with van der Waals surface area (Å²) >= 11 is 2.73. The molecule has 152 valence electrons. The van der Waals surface area contributed by atoms with Gasteiger partial charge in [0, 0.05) is 24.3 Å². The molecule has 0 spiro atoms. The number of aromatic nitrogens is 3. The summed E-state index contributed by atoms with van der Waals surface area (Å²) in [5, 5.41) is 11.4. The van der Waals surface area contributed by atoms with Crippen molar-refractivity contribution in [2.24, 2.45) is 5.73 Å². The lowest BCUT2D eigenvalue weighted by Crippen LogP contribution is -2.30. The van der Waals surface area contributed by atoms with E-state index in [2.05, 4.69) is 22.4 Å². The highest BCUT2D eigenvalue weighted by atomic mass is 32.2. The second kappa shape index (κ2) is 10.4. The number of amides is 2. The summed E-state index contributed by atoms with van der Waals surface area (Å²) in [7, 11) is 0. The van der Waals surface area contributed by atoms with Crippen molar-refractivity contribution in [3.63, 3.8) is 0 Å². The minimum absolute atomic E-state index is 0.0210. The Hall–Kier alpha value is -2.20. The number of thioether (sulfide) groups is 1. The molecule has 0 aliphatic rings. The van der Waals surface area contributed by atoms with E-state index >= 15 is 0 Å². The Kier molecular flexibility index (Phi) is 8.18. The molecule has 10 heteroatoms. The highest BCUT2D eigenvalue weighted by molar-refractivity contribution is 7.99. The number of Topliss-reactive ketones (excluding diaryl/α,β-unsaturated/α-hetero) is 1. The SMILES string of the molecule is CCc1sc(C(=O)CNC(=O)CSc2nnc(CCC(N)=O)n2CC)cc1C. The number of nitrogens with zero attached hydrogens (tertiary/aromatic N) is 3. The summed E-state index contributed by atoms with van der Waals surface area (Å²) in [5.74, 6) is 0.0728. The van der Waals surface area contributed by atoms with Gasteiger partial charge in [0.05, 0.1) is 17.2 Å². The minimum Gasteiger partial charge on any atom is -0.370 e. The largest absolute Gasteiger partial charge is 0.370 e. The number of rotatable bonds is 11. The quantitative estimate of drug-likeness (QED) is 0.420. The fraction of sp³-hybridized carbons (Fsp3) is 0.500. The van der Waals surface area contributed by atoms with Crippen molar-refractivity contribution in [3.05, 3.63) is 27.2 Å². The Morgan fingerprint density at radius 1 is 1.29 bits per heavy atom. The molecule has 0 bridgehead atoms. The fourth-order valence-corrected chi connectivity index (χ4v) is 4.52. The van der Waals surface area contributed by atoms with E-state index in [0.717, 1.165) is 12.0 Å². The first kappa shape index (κ1) is 22.1. The highest BCUT2D eigenvalue weighted by Crippen LogP contribution is 2.22. The number of carbonyl (C=O) groups excluding carboxylic acids is 3. The van der Waals surface area contributed by atoms with Gasteiger partial charge in [-0.05, 0) is 31.9 Å². The number of hydrogen-bond donors (Lipinski definition) is 2. The molecule has 0 fully saturated rings. The van der Waals surface area contributed by atoms with Gasteiger partial charge in [0.2, 0.25) is 11.8 Å². The highest BCUT2D eigenvalue weighted by Gasteiger charge is 2.16. The number of aryl methyl sites for hydroxylation is 3. The molecule has 0 aliphatic heterocycles. The van der Waals surface area contributed by atoms with Crippen LogP contribution in [0.1, 0.15) is 46.2 Å². The second-order valence-electron chi connectivity index (χ2n) is 6.17. The summed E-state index contributed by atoms with van der Waals surface area (Å²) in [6.45, 7) is 6.59. The van der Waals surface area contributed by atoms with E-state index in [4.69, 9.17) is 5.73 Å². The zero-order valence-electron chi connectivity index (χ0n) is 16.3. The molecule has 2 rings (SSSR count). The smallest absolute Gasteiger partial charge is 0.230 e. The molecule has 0 unspecified atom stereocenters. The Balaban J connectivity index is 1.85. The predicted molar refractivity (Wildman–Crippen MR) is 110 cm³/mol. The van der Waals surface area contributed by atoms with E-state index < -0.39 is 5.91 Å². The van der Waals surface area contributed by atoms with Crippen LogP contribution in [0.15, 0.2) is 11.2 Å². The number of nitrogens with one attached hydrogen (secondary N) is 1. The van der Waals surface area contributed by atoms with E-state index in [1.54, 1.807) is 0 Å². The van der Waals surface area contributed by atoms with Crippen molar-refractivity contribution in [3.8, 4) is 0 Å². The molecular formula is C18H25N5O3S2. The Morgan fingerprint density at radius 3 is 2.64 bits per heavy atom. The summed E-state index contributed by atoms with van der Waals surface area (Å²) in [6.07, 6.45) is 1.51. The Labute approximate surface area is 172 Å². The van der Waals surface area contributed by atoms with Crippen LogP contribution in [0.3, 0.4) is 0 Å². The third-order valence-corrected chi connectivity index (χ3v) is 6.49. The molecule has 2 aromatic rings. The van der Waals surface area contributed by atoms with Crippen LogP contribution in [-0.4, -0.2) is 44.7 Å². The van der Waals surface area contributed by atoms with Crippen molar-refractivity contribution in [1.82, 2.24) is 20.1 Å². The maximum absolute atomic E-state index is 12.3. The summed E-state index contributed by atoms with van der Waals surface area (Å²) < 4.78 is 1.85. The number of thiophene rings is 1. The van der Waals surface area contributed by atoms with Gasteiger partial charge in [0.25, 0.3) is 0 Å². The lowest BCUT2D eigenvalue weighted by Gasteiger charge is -2.07. The molecule has 3 N–H and O–H groups in total. The van der Waals surface area contributed by atoms with Gasteiger partial charge in [-0.3, -0.25) is 14.4 Å². The number of ketones is 1. The zero-order valence-corrected chi connectivity index (χ0v) is 17.9. The van der Waals surface area contributed by atoms with E-state index in [1.165, 1.54) is 28.0 Å². The monoisotopic (exact) mass is 423 g/mol. The van der Waals surface area contributed by atoms with Crippen LogP contribution in [0.25, 0.3) is 0 Å². The normalized spacial score (nSPS) is 10.8. The van der Waals surface area contributed by atoms with Crippen molar-refractivity contribution in [2.45, 2.75) is 51.7 Å². The van der Waals surface area contributed by atoms with Crippen LogP contribution >= 0.6 is 23.1 Å². The second-order valence-corrected chi connectivity index (χ2v) is 8.25.